The molecule has 1 saturated heterocycles. The highest BCUT2D eigenvalue weighted by atomic mass is 19.1. The molecule has 3 aromatic rings. The van der Waals surface area contributed by atoms with Gasteiger partial charge in [-0.25, -0.2) is 4.39 Å². The third-order valence-electron chi connectivity index (χ3n) is 6.96. The summed E-state index contributed by atoms with van der Waals surface area (Å²) in [6.45, 7) is 3.68. The van der Waals surface area contributed by atoms with Crippen LogP contribution in [0, 0.1) is 18.7 Å². The molecule has 0 radical (unpaired) electrons. The molecule has 5 rings (SSSR count). The summed E-state index contributed by atoms with van der Waals surface area (Å²) < 4.78 is 30.4. The molecule has 3 aromatic carbocycles. The van der Waals surface area contributed by atoms with Crippen molar-refractivity contribution in [2.75, 3.05) is 26.5 Å². The lowest BCUT2D eigenvalue weighted by atomic mass is 9.90. The van der Waals surface area contributed by atoms with Crippen molar-refractivity contribution in [2.45, 2.75) is 32.6 Å². The second kappa shape index (κ2) is 10.4. The molecule has 6 heteroatoms. The number of hydrogen-bond donors (Lipinski definition) is 0. The van der Waals surface area contributed by atoms with Crippen LogP contribution in [0.5, 0.6) is 17.2 Å². The number of ether oxygens (including phenoxy) is 3. The Labute approximate surface area is 205 Å². The van der Waals surface area contributed by atoms with Crippen LogP contribution in [0.3, 0.4) is 0 Å². The molecule has 2 aliphatic rings. The quantitative estimate of drug-likeness (QED) is 0.435. The maximum absolute atomic E-state index is 13.5. The predicted molar refractivity (Wildman–Crippen MR) is 132 cm³/mol. The van der Waals surface area contributed by atoms with Gasteiger partial charge in [0.15, 0.2) is 18.1 Å². The number of carbonyl (C=O) groups excluding carboxylic acids is 1. The molecule has 0 unspecified atom stereocenters. The average Bonchev–Trinajstić information content (AvgIpc) is 3.35. The second-order valence-corrected chi connectivity index (χ2v) is 9.29. The van der Waals surface area contributed by atoms with Crippen molar-refractivity contribution in [3.63, 3.8) is 0 Å². The number of halogens is 1. The van der Waals surface area contributed by atoms with Crippen molar-refractivity contribution < 1.29 is 23.4 Å². The summed E-state index contributed by atoms with van der Waals surface area (Å²) in [5, 5.41) is 0. The first kappa shape index (κ1) is 23.2. The summed E-state index contributed by atoms with van der Waals surface area (Å²) in [5.41, 5.74) is 3.85. The van der Waals surface area contributed by atoms with E-state index in [1.165, 1.54) is 17.7 Å². The van der Waals surface area contributed by atoms with Gasteiger partial charge in [0, 0.05) is 18.7 Å². The molecule has 0 aromatic heterocycles. The van der Waals surface area contributed by atoms with Crippen LogP contribution in [0.25, 0.3) is 11.1 Å². The van der Waals surface area contributed by atoms with Crippen molar-refractivity contribution in [2.24, 2.45) is 5.92 Å². The fraction of sp³-hybridized carbons (Fsp3) is 0.345. The maximum atomic E-state index is 13.5. The van der Waals surface area contributed by atoms with Gasteiger partial charge in [-0.1, -0.05) is 30.3 Å². The number of para-hydroxylation sites is 1. The molecule has 182 valence electrons. The van der Waals surface area contributed by atoms with Crippen LogP contribution in [-0.2, 0) is 11.2 Å². The third kappa shape index (κ3) is 5.42. The van der Waals surface area contributed by atoms with Gasteiger partial charge in [-0.15, -0.1) is 0 Å². The number of hydrogen-bond acceptors (Lipinski definition) is 4. The Morgan fingerprint density at radius 2 is 1.80 bits per heavy atom. The zero-order valence-electron chi connectivity index (χ0n) is 20.0. The Kier molecular flexibility index (Phi) is 6.89. The van der Waals surface area contributed by atoms with E-state index >= 15 is 0 Å². The summed E-state index contributed by atoms with van der Waals surface area (Å²) in [6, 6.07) is 18.5. The summed E-state index contributed by atoms with van der Waals surface area (Å²) in [7, 11) is 0. The number of benzene rings is 3. The van der Waals surface area contributed by atoms with E-state index in [4.69, 9.17) is 14.2 Å². The maximum Gasteiger partial charge on any atom is 0.260 e. The molecule has 0 atom stereocenters. The highest BCUT2D eigenvalue weighted by Crippen LogP contribution is 2.34. The van der Waals surface area contributed by atoms with E-state index in [2.05, 4.69) is 12.1 Å². The van der Waals surface area contributed by atoms with Gasteiger partial charge < -0.3 is 19.1 Å². The molecule has 0 spiro atoms. The molecule has 2 heterocycles. The number of aryl methyl sites for hydroxylation is 2. The molecule has 1 fully saturated rings. The lowest BCUT2D eigenvalue weighted by Crippen LogP contribution is -2.41. The van der Waals surface area contributed by atoms with Crippen LogP contribution in [0.1, 0.15) is 30.4 Å². The topological polar surface area (TPSA) is 48.0 Å². The molecule has 0 bridgehead atoms. The Morgan fingerprint density at radius 3 is 2.63 bits per heavy atom. The van der Waals surface area contributed by atoms with E-state index in [1.54, 1.807) is 6.07 Å². The Hall–Kier alpha value is -3.54. The van der Waals surface area contributed by atoms with Crippen molar-refractivity contribution >= 4 is 5.91 Å². The van der Waals surface area contributed by atoms with Crippen molar-refractivity contribution in [1.82, 2.24) is 4.90 Å². The average molecular weight is 476 g/mol. The molecule has 0 N–H and O–H groups in total. The first-order valence-corrected chi connectivity index (χ1v) is 12.2. The minimum Gasteiger partial charge on any atom is -0.483 e. The summed E-state index contributed by atoms with van der Waals surface area (Å²) in [6.07, 6.45) is 4.10. The number of amides is 1. The van der Waals surface area contributed by atoms with Crippen LogP contribution in [0.15, 0.2) is 60.7 Å². The Balaban J connectivity index is 1.11. The fourth-order valence-electron chi connectivity index (χ4n) is 4.91. The zero-order valence-corrected chi connectivity index (χ0v) is 20.0. The third-order valence-corrected chi connectivity index (χ3v) is 6.96. The normalized spacial score (nSPS) is 15.3. The molecule has 5 nitrogen and oxygen atoms in total. The van der Waals surface area contributed by atoms with Gasteiger partial charge >= 0.3 is 0 Å². The summed E-state index contributed by atoms with van der Waals surface area (Å²) in [4.78, 5) is 14.8. The van der Waals surface area contributed by atoms with Gasteiger partial charge in [-0.3, -0.25) is 4.79 Å². The summed E-state index contributed by atoms with van der Waals surface area (Å²) in [5.74, 6) is 2.63. The van der Waals surface area contributed by atoms with Gasteiger partial charge in [0.05, 0.1) is 0 Å². The molecular weight excluding hydrogens is 445 g/mol. The first-order valence-electron chi connectivity index (χ1n) is 12.2. The molecule has 0 aliphatic carbocycles. The van der Waals surface area contributed by atoms with Crippen molar-refractivity contribution in [3.8, 4) is 28.4 Å². The summed E-state index contributed by atoms with van der Waals surface area (Å²) >= 11 is 0. The first-order chi connectivity index (χ1) is 17.1. The molecule has 0 saturated carbocycles. The molecule has 35 heavy (non-hydrogen) atoms. The van der Waals surface area contributed by atoms with Crippen LogP contribution in [0.4, 0.5) is 4.39 Å². The lowest BCUT2D eigenvalue weighted by molar-refractivity contribution is -0.134. The van der Waals surface area contributed by atoms with E-state index in [0.29, 0.717) is 18.5 Å². The zero-order chi connectivity index (χ0) is 24.2. The van der Waals surface area contributed by atoms with Gasteiger partial charge in [0.1, 0.15) is 11.6 Å². The highest BCUT2D eigenvalue weighted by molar-refractivity contribution is 5.79. The van der Waals surface area contributed by atoms with Gasteiger partial charge in [-0.2, -0.15) is 0 Å². The van der Waals surface area contributed by atoms with E-state index in [9.17, 15) is 9.18 Å². The largest absolute Gasteiger partial charge is 0.483 e. The van der Waals surface area contributed by atoms with Gasteiger partial charge in [-0.05, 0) is 85.5 Å². The minimum absolute atomic E-state index is 0.000874. The smallest absolute Gasteiger partial charge is 0.260 e. The number of nitrogens with zero attached hydrogens (tertiary/aromatic N) is 1. The van der Waals surface area contributed by atoms with E-state index in [1.807, 2.05) is 42.2 Å². The fourth-order valence-corrected chi connectivity index (χ4v) is 4.91. The van der Waals surface area contributed by atoms with E-state index in [0.717, 1.165) is 67.0 Å². The highest BCUT2D eigenvalue weighted by Gasteiger charge is 2.23. The molecule has 2 aliphatic heterocycles. The predicted octanol–water partition coefficient (Wildman–Crippen LogP) is 5.78. The van der Waals surface area contributed by atoms with Crippen LogP contribution in [-0.4, -0.2) is 37.3 Å². The van der Waals surface area contributed by atoms with Crippen LogP contribution >= 0.6 is 0 Å². The van der Waals surface area contributed by atoms with E-state index < -0.39 is 0 Å². The molecule has 1 amide bonds. The van der Waals surface area contributed by atoms with Crippen molar-refractivity contribution in [1.29, 1.82) is 0 Å². The van der Waals surface area contributed by atoms with Crippen molar-refractivity contribution in [3.05, 3.63) is 77.6 Å². The van der Waals surface area contributed by atoms with Crippen LogP contribution < -0.4 is 14.2 Å². The van der Waals surface area contributed by atoms with Gasteiger partial charge in [0.25, 0.3) is 5.91 Å². The minimum atomic E-state index is -0.265. The number of carbonyl (C=O) groups is 1. The number of fused-ring (bicyclic) bond motifs is 1. The molecular formula is C29H30FNO4. The van der Waals surface area contributed by atoms with Crippen LogP contribution in [0.2, 0.25) is 0 Å². The Morgan fingerprint density at radius 1 is 1.00 bits per heavy atom. The number of rotatable bonds is 7. The van der Waals surface area contributed by atoms with Gasteiger partial charge in [0.2, 0.25) is 6.79 Å². The number of likely N-dealkylation sites (tertiary alicyclic amines) is 1. The second-order valence-electron chi connectivity index (χ2n) is 9.29. The Bertz CT molecular complexity index is 1200. The standard InChI is InChI=1S/C29H30FNO4/c1-20-16-23(30)9-10-24(20)25-4-2-3-5-26(25)33-18-29(32)31-14-12-21(13-15-31)6-7-22-8-11-27-28(17-22)35-19-34-27/h2-5,8-11,16-17,21H,6-7,12-15,18-19H2,1H3. The monoisotopic (exact) mass is 475 g/mol. The van der Waals surface area contributed by atoms with E-state index in [-0.39, 0.29) is 18.3 Å². The number of piperidine rings is 1. The lowest BCUT2D eigenvalue weighted by Gasteiger charge is -2.32. The SMILES string of the molecule is Cc1cc(F)ccc1-c1ccccc1OCC(=O)N1CCC(CCc2ccc3c(c2)OCO3)CC1.